The van der Waals surface area contributed by atoms with Crippen LogP contribution in [0.15, 0.2) is 77.3 Å². The van der Waals surface area contributed by atoms with Crippen LogP contribution in [0.1, 0.15) is 23.9 Å². The highest BCUT2D eigenvalue weighted by Gasteiger charge is 2.13. The molecular weight excluding hydrogens is 440 g/mol. The molecule has 0 N–H and O–H groups in total. The largest absolute Gasteiger partial charge is 0.493 e. The van der Waals surface area contributed by atoms with Gasteiger partial charge in [-0.2, -0.15) is 0 Å². The Morgan fingerprint density at radius 3 is 2.57 bits per heavy atom. The van der Waals surface area contributed by atoms with Crippen molar-refractivity contribution in [1.82, 2.24) is 9.55 Å². The highest BCUT2D eigenvalue weighted by molar-refractivity contribution is 9.10. The highest BCUT2D eigenvalue weighted by atomic mass is 79.9. The molecule has 1 heterocycles. The van der Waals surface area contributed by atoms with Crippen molar-refractivity contribution in [3.05, 3.63) is 94.2 Å². The van der Waals surface area contributed by atoms with Crippen molar-refractivity contribution < 1.29 is 9.47 Å². The maximum atomic E-state index is 6.13. The lowest BCUT2D eigenvalue weighted by Gasteiger charge is -2.13. The number of para-hydroxylation sites is 2. The van der Waals surface area contributed by atoms with Crippen LogP contribution >= 0.6 is 15.9 Å². The fraction of sp³-hybridized carbons (Fsp3) is 0.160. The second kappa shape index (κ2) is 9.18. The second-order valence-corrected chi connectivity index (χ2v) is 7.84. The number of fused-ring (bicyclic) bond motifs is 1. The summed E-state index contributed by atoms with van der Waals surface area (Å²) in [5, 5.41) is 0. The van der Waals surface area contributed by atoms with E-state index in [4.69, 9.17) is 14.5 Å². The minimum atomic E-state index is 0.352. The third kappa shape index (κ3) is 4.41. The Kier molecular flexibility index (Phi) is 6.19. The van der Waals surface area contributed by atoms with Crippen LogP contribution < -0.4 is 9.47 Å². The Morgan fingerprint density at radius 2 is 1.80 bits per heavy atom. The lowest BCUT2D eigenvalue weighted by Crippen LogP contribution is -2.09. The summed E-state index contributed by atoms with van der Waals surface area (Å²) < 4.78 is 14.9. The zero-order chi connectivity index (χ0) is 20.9. The Balaban J connectivity index is 1.63. The van der Waals surface area contributed by atoms with E-state index in [-0.39, 0.29) is 0 Å². The van der Waals surface area contributed by atoms with Gasteiger partial charge in [0, 0.05) is 11.0 Å². The first-order valence-electron chi connectivity index (χ1n) is 9.80. The molecule has 1 aromatic heterocycles. The fourth-order valence-electron chi connectivity index (χ4n) is 3.43. The van der Waals surface area contributed by atoms with E-state index in [1.165, 1.54) is 5.56 Å². The number of nitrogens with zero attached hydrogens (tertiary/aromatic N) is 2. The van der Waals surface area contributed by atoms with E-state index >= 15 is 0 Å². The summed E-state index contributed by atoms with van der Waals surface area (Å²) in [4.78, 5) is 4.82. The van der Waals surface area contributed by atoms with E-state index in [1.54, 1.807) is 7.11 Å². The molecule has 0 atom stereocenters. The van der Waals surface area contributed by atoms with Crippen molar-refractivity contribution in [2.45, 2.75) is 20.1 Å². The molecule has 4 nitrogen and oxygen atoms in total. The number of methoxy groups -OCH3 is 1. The molecule has 0 saturated heterocycles. The van der Waals surface area contributed by atoms with Crippen LogP contribution in [-0.2, 0) is 13.2 Å². The Bertz CT molecular complexity index is 1180. The van der Waals surface area contributed by atoms with Gasteiger partial charge in [-0.15, -0.1) is 0 Å². The van der Waals surface area contributed by atoms with Gasteiger partial charge < -0.3 is 14.0 Å². The van der Waals surface area contributed by atoms with Crippen LogP contribution in [0.25, 0.3) is 17.1 Å². The molecule has 0 aliphatic carbocycles. The van der Waals surface area contributed by atoms with Crippen molar-refractivity contribution in [2.75, 3.05) is 7.11 Å². The summed E-state index contributed by atoms with van der Waals surface area (Å²) in [5.74, 6) is 2.29. The van der Waals surface area contributed by atoms with E-state index in [9.17, 15) is 0 Å². The maximum Gasteiger partial charge on any atom is 0.161 e. The lowest BCUT2D eigenvalue weighted by molar-refractivity contribution is 0.273. The quantitative estimate of drug-likeness (QED) is 0.315. The van der Waals surface area contributed by atoms with Crippen molar-refractivity contribution in [3.63, 3.8) is 0 Å². The molecule has 3 aromatic carbocycles. The first kappa shape index (κ1) is 20.2. The topological polar surface area (TPSA) is 36.3 Å². The predicted molar refractivity (Wildman–Crippen MR) is 125 cm³/mol. The number of halogens is 1. The van der Waals surface area contributed by atoms with Gasteiger partial charge in [0.1, 0.15) is 12.4 Å². The number of rotatable bonds is 7. The molecule has 0 amide bonds. The number of hydrogen-bond donors (Lipinski definition) is 0. The number of ether oxygens (including phenoxy) is 2. The first-order valence-corrected chi connectivity index (χ1v) is 10.6. The van der Waals surface area contributed by atoms with Gasteiger partial charge in [0.25, 0.3) is 0 Å². The summed E-state index contributed by atoms with van der Waals surface area (Å²) in [6, 6.07) is 22.4. The van der Waals surface area contributed by atoms with Crippen LogP contribution in [0, 0.1) is 0 Å². The molecule has 0 aliphatic heterocycles. The average molecular weight is 463 g/mol. The Labute approximate surface area is 184 Å². The molecule has 0 radical (unpaired) electrons. The Hall–Kier alpha value is -3.05. The summed E-state index contributed by atoms with van der Waals surface area (Å²) in [6.07, 6.45) is 4.03. The summed E-state index contributed by atoms with van der Waals surface area (Å²) in [5.41, 5.74) is 4.33. The molecule has 0 fully saturated rings. The molecule has 0 spiro atoms. The minimum Gasteiger partial charge on any atom is -0.493 e. The molecule has 30 heavy (non-hydrogen) atoms. The first-order chi connectivity index (χ1) is 14.7. The van der Waals surface area contributed by atoms with Gasteiger partial charge in [0.15, 0.2) is 11.5 Å². The standard InChI is InChI=1S/C25H23BrN2O2/c1-3-6-18-11-14-23(24(15-18)29-2)30-17-25-27-21-7-4-5-8-22(21)28(25)16-19-9-12-20(26)13-10-19/h3-15H,16-17H2,1-2H3/b6-3-. The number of hydrogen-bond acceptors (Lipinski definition) is 3. The zero-order valence-corrected chi connectivity index (χ0v) is 18.6. The third-order valence-electron chi connectivity index (χ3n) is 4.89. The molecule has 4 aromatic rings. The lowest BCUT2D eigenvalue weighted by atomic mass is 10.2. The molecule has 4 rings (SSSR count). The number of allylic oxidation sites excluding steroid dienone is 1. The van der Waals surface area contributed by atoms with E-state index in [2.05, 4.69) is 50.8 Å². The van der Waals surface area contributed by atoms with E-state index < -0.39 is 0 Å². The van der Waals surface area contributed by atoms with Crippen LogP contribution in [0.3, 0.4) is 0 Å². The minimum absolute atomic E-state index is 0.352. The van der Waals surface area contributed by atoms with Crippen molar-refractivity contribution >= 4 is 33.0 Å². The predicted octanol–water partition coefficient (Wildman–Crippen LogP) is 6.47. The van der Waals surface area contributed by atoms with Gasteiger partial charge >= 0.3 is 0 Å². The number of benzene rings is 3. The molecule has 0 aliphatic rings. The van der Waals surface area contributed by atoms with Crippen molar-refractivity contribution in [2.24, 2.45) is 0 Å². The molecular formula is C25H23BrN2O2. The summed E-state index contributed by atoms with van der Waals surface area (Å²) in [6.45, 7) is 3.07. The van der Waals surface area contributed by atoms with Crippen LogP contribution in [-0.4, -0.2) is 16.7 Å². The van der Waals surface area contributed by atoms with E-state index in [0.29, 0.717) is 18.1 Å². The molecule has 0 bridgehead atoms. The molecule has 0 unspecified atom stereocenters. The summed E-state index contributed by atoms with van der Waals surface area (Å²) >= 11 is 3.50. The molecule has 5 heteroatoms. The third-order valence-corrected chi connectivity index (χ3v) is 5.42. The smallest absolute Gasteiger partial charge is 0.161 e. The Morgan fingerprint density at radius 1 is 1.00 bits per heavy atom. The van der Waals surface area contributed by atoms with Gasteiger partial charge in [0.2, 0.25) is 0 Å². The van der Waals surface area contributed by atoms with Crippen LogP contribution in [0.5, 0.6) is 11.5 Å². The van der Waals surface area contributed by atoms with Gasteiger partial charge in [-0.1, -0.05) is 58.4 Å². The van der Waals surface area contributed by atoms with Gasteiger partial charge in [-0.25, -0.2) is 4.98 Å². The van der Waals surface area contributed by atoms with Gasteiger partial charge in [0.05, 0.1) is 18.1 Å². The number of imidazole rings is 1. The number of aromatic nitrogens is 2. The molecule has 0 saturated carbocycles. The van der Waals surface area contributed by atoms with Crippen molar-refractivity contribution in [1.29, 1.82) is 0 Å². The maximum absolute atomic E-state index is 6.13. The van der Waals surface area contributed by atoms with Crippen LogP contribution in [0.4, 0.5) is 0 Å². The van der Waals surface area contributed by atoms with Crippen molar-refractivity contribution in [3.8, 4) is 11.5 Å². The normalized spacial score (nSPS) is 11.3. The SMILES string of the molecule is C/C=C\c1ccc(OCc2nc3ccccc3n2Cc2ccc(Br)cc2)c(OC)c1. The average Bonchev–Trinajstić information content (AvgIpc) is 3.12. The monoisotopic (exact) mass is 462 g/mol. The van der Waals surface area contributed by atoms with E-state index in [0.717, 1.165) is 33.4 Å². The second-order valence-electron chi connectivity index (χ2n) is 6.93. The van der Waals surface area contributed by atoms with E-state index in [1.807, 2.05) is 55.5 Å². The van der Waals surface area contributed by atoms with Gasteiger partial charge in [-0.05, 0) is 54.4 Å². The zero-order valence-electron chi connectivity index (χ0n) is 17.0. The summed E-state index contributed by atoms with van der Waals surface area (Å²) in [7, 11) is 1.66. The van der Waals surface area contributed by atoms with Crippen LogP contribution in [0.2, 0.25) is 0 Å². The fourth-order valence-corrected chi connectivity index (χ4v) is 3.69. The van der Waals surface area contributed by atoms with Gasteiger partial charge in [-0.3, -0.25) is 0 Å². The highest BCUT2D eigenvalue weighted by Crippen LogP contribution is 2.30. The molecule has 152 valence electrons.